The molecule has 0 radical (unpaired) electrons. The zero-order chi connectivity index (χ0) is 15.4. The minimum Gasteiger partial charge on any atom is -0.271 e. The Bertz CT molecular complexity index is 625. The van der Waals surface area contributed by atoms with Crippen LogP contribution in [0, 0.1) is 5.82 Å². The second-order valence-corrected chi connectivity index (χ2v) is 7.49. The number of hydrogen-bond donors (Lipinski definition) is 2. The Balaban J connectivity index is 2.13. The molecule has 0 heterocycles. The first kappa shape index (κ1) is 17.2. The lowest BCUT2D eigenvalue weighted by Gasteiger charge is -2.17. The van der Waals surface area contributed by atoms with Gasteiger partial charge in [0.15, 0.2) is 0 Å². The molecule has 0 aliphatic heterocycles. The number of hydrogen-bond acceptors (Lipinski definition) is 3. The van der Waals surface area contributed by atoms with Gasteiger partial charge in [-0.1, -0.05) is 33.6 Å². The van der Waals surface area contributed by atoms with Gasteiger partial charge in [-0.3, -0.25) is 11.3 Å². The normalized spacial score (nSPS) is 12.4. The van der Waals surface area contributed by atoms with Crippen molar-refractivity contribution in [1.82, 2.24) is 5.43 Å². The Hall–Kier alpha value is -0.110. The molecule has 0 saturated carbocycles. The van der Waals surface area contributed by atoms with E-state index in [0.29, 0.717) is 15.8 Å². The fourth-order valence-electron chi connectivity index (χ4n) is 1.75. The summed E-state index contributed by atoms with van der Waals surface area (Å²) in [4.78, 5) is 1.09. The molecule has 0 aromatic heterocycles. The van der Waals surface area contributed by atoms with Crippen molar-refractivity contribution in [2.24, 2.45) is 5.84 Å². The van der Waals surface area contributed by atoms with Crippen molar-refractivity contribution >= 4 is 55.2 Å². The lowest BCUT2D eigenvalue weighted by molar-refractivity contribution is 0.546. The number of benzene rings is 2. The minimum atomic E-state index is -0.453. The van der Waals surface area contributed by atoms with Crippen LogP contribution in [-0.4, -0.2) is 5.75 Å². The quantitative estimate of drug-likeness (QED) is 0.279. The van der Waals surface area contributed by atoms with Gasteiger partial charge in [-0.15, -0.1) is 11.8 Å². The van der Waals surface area contributed by atoms with E-state index in [1.807, 2.05) is 24.3 Å². The van der Waals surface area contributed by atoms with Crippen molar-refractivity contribution in [3.05, 3.63) is 61.7 Å². The zero-order valence-electron chi connectivity index (χ0n) is 10.7. The highest BCUT2D eigenvalue weighted by Gasteiger charge is 2.18. The van der Waals surface area contributed by atoms with Crippen molar-refractivity contribution in [2.45, 2.75) is 10.9 Å². The summed E-state index contributed by atoms with van der Waals surface area (Å²) in [5, 5.41) is 0.0707. The number of nitrogens with two attached hydrogens (primary N) is 1. The molecule has 1 atom stereocenters. The van der Waals surface area contributed by atoms with Gasteiger partial charge in [0.2, 0.25) is 0 Å². The average Bonchev–Trinajstić information content (AvgIpc) is 2.49. The molecule has 2 aromatic rings. The van der Waals surface area contributed by atoms with Crippen LogP contribution >= 0.6 is 55.2 Å². The molecule has 0 amide bonds. The van der Waals surface area contributed by atoms with Crippen LogP contribution in [0.15, 0.2) is 50.2 Å². The molecular formula is C14H12Br2ClFN2S. The summed E-state index contributed by atoms with van der Waals surface area (Å²) in [5.41, 5.74) is 3.10. The molecule has 2 nitrogen and oxygen atoms in total. The van der Waals surface area contributed by atoms with E-state index < -0.39 is 5.82 Å². The molecule has 0 aliphatic rings. The van der Waals surface area contributed by atoms with Gasteiger partial charge in [0.1, 0.15) is 5.82 Å². The number of hydrazine groups is 1. The Morgan fingerprint density at radius 2 is 1.86 bits per heavy atom. The molecule has 21 heavy (non-hydrogen) atoms. The molecule has 0 saturated heterocycles. The largest absolute Gasteiger partial charge is 0.271 e. The van der Waals surface area contributed by atoms with E-state index >= 15 is 0 Å². The van der Waals surface area contributed by atoms with E-state index in [4.69, 9.17) is 17.4 Å². The summed E-state index contributed by atoms with van der Waals surface area (Å²) in [7, 11) is 0. The predicted molar refractivity (Wildman–Crippen MR) is 94.0 cm³/mol. The predicted octanol–water partition coefficient (Wildman–Crippen LogP) is 5.30. The number of rotatable bonds is 5. The Kier molecular flexibility index (Phi) is 6.52. The van der Waals surface area contributed by atoms with Gasteiger partial charge in [0.05, 0.1) is 11.1 Å². The first-order chi connectivity index (χ1) is 10.0. The Labute approximate surface area is 148 Å². The number of thioether (sulfide) groups is 1. The van der Waals surface area contributed by atoms with E-state index in [-0.39, 0.29) is 11.1 Å². The molecule has 0 spiro atoms. The average molecular weight is 455 g/mol. The van der Waals surface area contributed by atoms with Crippen LogP contribution in [-0.2, 0) is 0 Å². The maximum absolute atomic E-state index is 14.2. The van der Waals surface area contributed by atoms with Crippen LogP contribution in [0.5, 0.6) is 0 Å². The maximum atomic E-state index is 14.2. The summed E-state index contributed by atoms with van der Waals surface area (Å²) < 4.78 is 15.8. The lowest BCUT2D eigenvalue weighted by Crippen LogP contribution is -2.30. The van der Waals surface area contributed by atoms with E-state index in [2.05, 4.69) is 37.3 Å². The standard InChI is InChI=1S/C14H12Br2ClFN2S/c15-8-1-3-9(4-2-8)21-7-12(20-19)10-5-6-11(16)13(17)14(10)18/h1-6,12,20H,7,19H2. The van der Waals surface area contributed by atoms with Crippen LogP contribution < -0.4 is 11.3 Å². The van der Waals surface area contributed by atoms with Crippen molar-refractivity contribution in [3.8, 4) is 0 Å². The molecule has 1 unspecified atom stereocenters. The van der Waals surface area contributed by atoms with E-state index in [1.54, 1.807) is 23.9 Å². The van der Waals surface area contributed by atoms with Crippen LogP contribution in [0.1, 0.15) is 11.6 Å². The van der Waals surface area contributed by atoms with Gasteiger partial charge in [-0.05, 0) is 46.3 Å². The van der Waals surface area contributed by atoms with Gasteiger partial charge in [0, 0.05) is 25.2 Å². The fourth-order valence-corrected chi connectivity index (χ4v) is 3.45. The first-order valence-electron chi connectivity index (χ1n) is 6.01. The maximum Gasteiger partial charge on any atom is 0.147 e. The second kappa shape index (κ2) is 7.94. The number of halogens is 4. The third kappa shape index (κ3) is 4.43. The molecule has 0 bridgehead atoms. The van der Waals surface area contributed by atoms with Crippen molar-refractivity contribution < 1.29 is 4.39 Å². The van der Waals surface area contributed by atoms with Crippen LogP contribution in [0.2, 0.25) is 5.02 Å². The van der Waals surface area contributed by atoms with Gasteiger partial charge in [0.25, 0.3) is 0 Å². The SMILES string of the molecule is NNC(CSc1ccc(Br)cc1)c1ccc(Br)c(Cl)c1F. The highest BCUT2D eigenvalue weighted by Crippen LogP contribution is 2.32. The zero-order valence-corrected chi connectivity index (χ0v) is 15.5. The van der Waals surface area contributed by atoms with E-state index in [1.165, 1.54) is 0 Å². The fraction of sp³-hybridized carbons (Fsp3) is 0.143. The topological polar surface area (TPSA) is 38.0 Å². The monoisotopic (exact) mass is 452 g/mol. The van der Waals surface area contributed by atoms with Gasteiger partial charge < -0.3 is 0 Å². The first-order valence-corrected chi connectivity index (χ1v) is 8.95. The van der Waals surface area contributed by atoms with Gasteiger partial charge in [-0.2, -0.15) is 0 Å². The molecule has 0 aliphatic carbocycles. The highest BCUT2D eigenvalue weighted by molar-refractivity contribution is 9.10. The van der Waals surface area contributed by atoms with E-state index in [0.717, 1.165) is 9.37 Å². The molecule has 112 valence electrons. The summed E-state index contributed by atoms with van der Waals surface area (Å²) >= 11 is 14.1. The summed E-state index contributed by atoms with van der Waals surface area (Å²) in [5.74, 6) is 5.69. The summed E-state index contributed by atoms with van der Waals surface area (Å²) in [6.45, 7) is 0. The molecule has 2 rings (SSSR count). The summed E-state index contributed by atoms with van der Waals surface area (Å²) in [6, 6.07) is 11.0. The van der Waals surface area contributed by atoms with Gasteiger partial charge >= 0.3 is 0 Å². The van der Waals surface area contributed by atoms with Crippen molar-refractivity contribution in [2.75, 3.05) is 5.75 Å². The van der Waals surface area contributed by atoms with Crippen LogP contribution in [0.4, 0.5) is 4.39 Å². The highest BCUT2D eigenvalue weighted by atomic mass is 79.9. The smallest absolute Gasteiger partial charge is 0.147 e. The molecule has 2 aromatic carbocycles. The van der Waals surface area contributed by atoms with Crippen molar-refractivity contribution in [1.29, 1.82) is 0 Å². The Morgan fingerprint density at radius 3 is 2.48 bits per heavy atom. The van der Waals surface area contributed by atoms with Gasteiger partial charge in [-0.25, -0.2) is 4.39 Å². The molecular weight excluding hydrogens is 442 g/mol. The third-order valence-electron chi connectivity index (χ3n) is 2.87. The second-order valence-electron chi connectivity index (χ2n) is 4.25. The summed E-state index contributed by atoms with van der Waals surface area (Å²) in [6.07, 6.45) is 0. The van der Waals surface area contributed by atoms with Crippen LogP contribution in [0.25, 0.3) is 0 Å². The number of nitrogens with one attached hydrogen (secondary N) is 1. The van der Waals surface area contributed by atoms with E-state index in [9.17, 15) is 4.39 Å². The Morgan fingerprint density at radius 1 is 1.19 bits per heavy atom. The van der Waals surface area contributed by atoms with Crippen LogP contribution in [0.3, 0.4) is 0 Å². The minimum absolute atomic E-state index is 0.0707. The lowest BCUT2D eigenvalue weighted by atomic mass is 10.1. The van der Waals surface area contributed by atoms with Crippen molar-refractivity contribution in [3.63, 3.8) is 0 Å². The third-order valence-corrected chi connectivity index (χ3v) is 5.76. The molecule has 3 N–H and O–H groups in total. The molecule has 0 fully saturated rings. The molecule has 7 heteroatoms.